The van der Waals surface area contributed by atoms with Crippen molar-refractivity contribution >= 4 is 17.5 Å². The maximum absolute atomic E-state index is 13.5. The van der Waals surface area contributed by atoms with Crippen molar-refractivity contribution in [3.8, 4) is 0 Å². The number of halogens is 1. The fourth-order valence-electron chi connectivity index (χ4n) is 4.81. The monoisotopic (exact) mass is 501 g/mol. The molecule has 2 atom stereocenters. The van der Waals surface area contributed by atoms with Crippen LogP contribution in [0.15, 0.2) is 66.9 Å². The summed E-state index contributed by atoms with van der Waals surface area (Å²) in [5, 5.41) is 17.5. The van der Waals surface area contributed by atoms with Crippen molar-refractivity contribution in [2.24, 2.45) is 0 Å². The van der Waals surface area contributed by atoms with Crippen molar-refractivity contribution in [2.75, 3.05) is 11.9 Å². The van der Waals surface area contributed by atoms with Crippen LogP contribution >= 0.6 is 0 Å². The number of benzene rings is 2. The highest BCUT2D eigenvalue weighted by Gasteiger charge is 2.34. The van der Waals surface area contributed by atoms with Crippen LogP contribution in [0.5, 0.6) is 0 Å². The fraction of sp³-hybridized carbons (Fsp3) is 0.250. The smallest absolute Gasteiger partial charge is 0.276 e. The number of H-pyrrole nitrogens is 1. The van der Waals surface area contributed by atoms with E-state index in [9.17, 15) is 19.1 Å². The lowest BCUT2D eigenvalue weighted by atomic mass is 9.95. The van der Waals surface area contributed by atoms with Crippen LogP contribution in [0.25, 0.3) is 0 Å². The molecule has 2 aromatic carbocycles. The van der Waals surface area contributed by atoms with Crippen molar-refractivity contribution in [1.29, 1.82) is 0 Å². The topological polar surface area (TPSA) is 103 Å². The molecule has 37 heavy (non-hydrogen) atoms. The number of carbonyl (C=O) groups excluding carboxylic acids is 2. The number of nitrogens with zero attached hydrogens (tertiary/aromatic N) is 3. The van der Waals surface area contributed by atoms with Gasteiger partial charge in [-0.25, -0.2) is 4.39 Å². The second-order valence-electron chi connectivity index (χ2n) is 9.42. The van der Waals surface area contributed by atoms with Gasteiger partial charge in [-0.2, -0.15) is 5.10 Å². The number of aromatic amines is 1. The molecule has 5 rings (SSSR count). The maximum Gasteiger partial charge on any atom is 0.276 e. The van der Waals surface area contributed by atoms with Crippen LogP contribution in [-0.2, 0) is 13.1 Å². The first-order chi connectivity index (χ1) is 17.8. The summed E-state index contributed by atoms with van der Waals surface area (Å²) in [6.45, 7) is 4.73. The third-order valence-corrected chi connectivity index (χ3v) is 6.61. The molecule has 0 aliphatic carbocycles. The number of fused-ring (bicyclic) bond motifs is 1. The fourth-order valence-corrected chi connectivity index (χ4v) is 4.81. The minimum absolute atomic E-state index is 0.0873. The van der Waals surface area contributed by atoms with Gasteiger partial charge in [0, 0.05) is 35.6 Å². The zero-order chi connectivity index (χ0) is 26.1. The molecule has 0 fully saturated rings. The summed E-state index contributed by atoms with van der Waals surface area (Å²) in [5.41, 5.74) is 4.34. The van der Waals surface area contributed by atoms with Crippen molar-refractivity contribution in [3.05, 3.63) is 106 Å². The third-order valence-electron chi connectivity index (χ3n) is 6.61. The molecule has 4 aromatic rings. The van der Waals surface area contributed by atoms with Gasteiger partial charge in [0.05, 0.1) is 19.2 Å². The van der Waals surface area contributed by atoms with Crippen molar-refractivity contribution in [2.45, 2.75) is 39.0 Å². The molecule has 3 N–H and O–H groups in total. The van der Waals surface area contributed by atoms with E-state index in [1.807, 2.05) is 6.92 Å². The number of aliphatic hydroxyl groups excluding tert-OH is 1. The minimum Gasteiger partial charge on any atom is -0.389 e. The molecule has 2 aromatic heterocycles. The van der Waals surface area contributed by atoms with Crippen LogP contribution in [0.2, 0.25) is 0 Å². The molecule has 9 heteroatoms. The molecule has 0 saturated heterocycles. The molecule has 1 aliphatic heterocycles. The van der Waals surface area contributed by atoms with E-state index >= 15 is 0 Å². The zero-order valence-electron chi connectivity index (χ0n) is 20.6. The van der Waals surface area contributed by atoms with Gasteiger partial charge in [-0.05, 0) is 54.4 Å². The lowest BCUT2D eigenvalue weighted by molar-refractivity contribution is 0.0711. The number of rotatable bonds is 6. The predicted octanol–water partition coefficient (Wildman–Crippen LogP) is 4.46. The third kappa shape index (κ3) is 5.03. The molecular formula is C28H28FN5O3. The number of anilines is 1. The molecule has 0 radical (unpaired) electrons. The van der Waals surface area contributed by atoms with Crippen LogP contribution < -0.4 is 5.32 Å². The summed E-state index contributed by atoms with van der Waals surface area (Å²) in [6.07, 6.45) is 1.03. The Morgan fingerprint density at radius 1 is 1.19 bits per heavy atom. The number of aliphatic hydroxyl groups is 1. The Bertz CT molecular complexity index is 1430. The number of aromatic nitrogens is 3. The summed E-state index contributed by atoms with van der Waals surface area (Å²) in [4.78, 5) is 31.3. The van der Waals surface area contributed by atoms with Gasteiger partial charge >= 0.3 is 0 Å². The summed E-state index contributed by atoms with van der Waals surface area (Å²) in [7, 11) is 0. The van der Waals surface area contributed by atoms with Crippen LogP contribution in [0.4, 0.5) is 10.1 Å². The Balaban J connectivity index is 1.51. The average molecular weight is 502 g/mol. The van der Waals surface area contributed by atoms with Crippen molar-refractivity contribution < 1.29 is 19.1 Å². The SMILES string of the molecule is C[C@@H]1CN(C(=O)c2ccc[nH]2)Cc2c(C(=O)Nc3cccc([C@@H](C)O)c3)nn(Cc3ccc(F)cc3)c21. The van der Waals surface area contributed by atoms with Gasteiger partial charge in [0.25, 0.3) is 11.8 Å². The zero-order valence-corrected chi connectivity index (χ0v) is 20.6. The minimum atomic E-state index is -0.673. The Kier molecular flexibility index (Phi) is 6.62. The normalized spacial score (nSPS) is 15.8. The van der Waals surface area contributed by atoms with Gasteiger partial charge in [-0.3, -0.25) is 14.3 Å². The molecule has 0 bridgehead atoms. The van der Waals surface area contributed by atoms with E-state index in [-0.39, 0.29) is 29.9 Å². The van der Waals surface area contributed by atoms with E-state index in [2.05, 4.69) is 15.4 Å². The van der Waals surface area contributed by atoms with Crippen LogP contribution in [-0.4, -0.2) is 43.1 Å². The van der Waals surface area contributed by atoms with E-state index in [1.54, 1.807) is 71.2 Å². The summed E-state index contributed by atoms with van der Waals surface area (Å²) >= 11 is 0. The van der Waals surface area contributed by atoms with Gasteiger partial charge in [-0.15, -0.1) is 0 Å². The quantitative estimate of drug-likeness (QED) is 0.363. The summed E-state index contributed by atoms with van der Waals surface area (Å²) in [6, 6.07) is 16.7. The number of nitrogens with one attached hydrogen (secondary N) is 2. The van der Waals surface area contributed by atoms with Gasteiger partial charge in [-0.1, -0.05) is 31.2 Å². The standard InChI is InChI=1S/C28H28FN5O3/c1-17-14-33(28(37)24-7-4-12-30-24)16-23-25(27(36)31-22-6-3-5-20(13-22)18(2)35)32-34(26(17)23)15-19-8-10-21(29)11-9-19/h3-13,17-18,30,35H,14-16H2,1-2H3,(H,31,36)/t17-,18-/m1/s1. The summed E-state index contributed by atoms with van der Waals surface area (Å²) in [5.74, 6) is -0.962. The second-order valence-corrected chi connectivity index (χ2v) is 9.42. The van der Waals surface area contributed by atoms with Crippen molar-refractivity contribution in [1.82, 2.24) is 19.7 Å². The van der Waals surface area contributed by atoms with Gasteiger partial charge in [0.15, 0.2) is 5.69 Å². The highest BCUT2D eigenvalue weighted by atomic mass is 19.1. The maximum atomic E-state index is 13.5. The van der Waals surface area contributed by atoms with E-state index in [0.29, 0.717) is 35.6 Å². The molecule has 0 saturated carbocycles. The largest absolute Gasteiger partial charge is 0.389 e. The highest BCUT2D eigenvalue weighted by Crippen LogP contribution is 2.32. The number of hydrogen-bond acceptors (Lipinski definition) is 4. The first-order valence-corrected chi connectivity index (χ1v) is 12.2. The number of carbonyl (C=O) groups is 2. The van der Waals surface area contributed by atoms with Crippen molar-refractivity contribution in [3.63, 3.8) is 0 Å². The molecule has 2 amide bonds. The molecule has 0 unspecified atom stereocenters. The number of hydrogen-bond donors (Lipinski definition) is 3. The molecule has 8 nitrogen and oxygen atoms in total. The summed E-state index contributed by atoms with van der Waals surface area (Å²) < 4.78 is 15.2. The first kappa shape index (κ1) is 24.5. The molecule has 0 spiro atoms. The molecular weight excluding hydrogens is 473 g/mol. The Morgan fingerprint density at radius 2 is 1.97 bits per heavy atom. The molecule has 190 valence electrons. The number of amides is 2. The Morgan fingerprint density at radius 3 is 2.68 bits per heavy atom. The van der Waals surface area contributed by atoms with Crippen LogP contribution in [0.3, 0.4) is 0 Å². The van der Waals surface area contributed by atoms with Crippen LogP contribution in [0.1, 0.15) is 69.2 Å². The van der Waals surface area contributed by atoms with E-state index in [1.165, 1.54) is 12.1 Å². The molecule has 3 heterocycles. The predicted molar refractivity (Wildman–Crippen MR) is 137 cm³/mol. The second kappa shape index (κ2) is 10.0. The lowest BCUT2D eigenvalue weighted by Gasteiger charge is -2.32. The van der Waals surface area contributed by atoms with Gasteiger partial charge in [0.2, 0.25) is 0 Å². The van der Waals surface area contributed by atoms with E-state index < -0.39 is 12.0 Å². The van der Waals surface area contributed by atoms with Gasteiger partial charge < -0.3 is 20.3 Å². The Hall–Kier alpha value is -4.24. The van der Waals surface area contributed by atoms with Gasteiger partial charge in [0.1, 0.15) is 11.5 Å². The molecule has 1 aliphatic rings. The van der Waals surface area contributed by atoms with E-state index in [0.717, 1.165) is 11.3 Å². The average Bonchev–Trinajstić information content (AvgIpc) is 3.54. The first-order valence-electron chi connectivity index (χ1n) is 12.2. The highest BCUT2D eigenvalue weighted by molar-refractivity contribution is 6.04. The van der Waals surface area contributed by atoms with Crippen LogP contribution in [0, 0.1) is 5.82 Å². The lowest BCUT2D eigenvalue weighted by Crippen LogP contribution is -2.38. The Labute approximate surface area is 213 Å². The van der Waals surface area contributed by atoms with E-state index in [4.69, 9.17) is 0 Å².